The molecular weight excluding hydrogens is 295 g/mol. The van der Waals surface area contributed by atoms with E-state index in [0.717, 1.165) is 5.56 Å². The van der Waals surface area contributed by atoms with Crippen LogP contribution in [0.1, 0.15) is 25.5 Å². The van der Waals surface area contributed by atoms with Crippen LogP contribution in [0, 0.1) is 11.3 Å². The van der Waals surface area contributed by atoms with Crippen LogP contribution in [-0.2, 0) is 0 Å². The standard InChI is InChI=1S/C15H12Cl2N2O/c1-9(2)19-14(6-4-11(8-18)15(19)20)10-3-5-12(16)13(17)7-10/h3-7,9H,1-2H3. The number of halogens is 2. The average molecular weight is 307 g/mol. The Morgan fingerprint density at radius 3 is 2.40 bits per heavy atom. The van der Waals surface area contributed by atoms with E-state index in [1.807, 2.05) is 19.9 Å². The molecule has 0 fully saturated rings. The molecule has 0 N–H and O–H groups in total. The Morgan fingerprint density at radius 1 is 1.15 bits per heavy atom. The van der Waals surface area contributed by atoms with E-state index < -0.39 is 0 Å². The molecule has 1 aromatic heterocycles. The second-order valence-electron chi connectivity index (χ2n) is 4.64. The molecule has 0 saturated carbocycles. The third-order valence-corrected chi connectivity index (χ3v) is 3.71. The van der Waals surface area contributed by atoms with Crippen LogP contribution >= 0.6 is 23.2 Å². The molecule has 3 nitrogen and oxygen atoms in total. The first kappa shape index (κ1) is 14.6. The van der Waals surface area contributed by atoms with Gasteiger partial charge in [0, 0.05) is 6.04 Å². The summed E-state index contributed by atoms with van der Waals surface area (Å²) in [7, 11) is 0. The normalized spacial score (nSPS) is 10.6. The molecule has 0 atom stereocenters. The van der Waals surface area contributed by atoms with E-state index >= 15 is 0 Å². The molecule has 0 saturated heterocycles. The van der Waals surface area contributed by atoms with Crippen molar-refractivity contribution in [3.8, 4) is 17.3 Å². The van der Waals surface area contributed by atoms with Crippen molar-refractivity contribution in [1.29, 1.82) is 5.26 Å². The van der Waals surface area contributed by atoms with Gasteiger partial charge >= 0.3 is 0 Å². The number of rotatable bonds is 2. The summed E-state index contributed by atoms with van der Waals surface area (Å²) in [6, 6.07) is 10.3. The monoisotopic (exact) mass is 306 g/mol. The lowest BCUT2D eigenvalue weighted by Gasteiger charge is -2.17. The Morgan fingerprint density at radius 2 is 1.85 bits per heavy atom. The molecule has 2 rings (SSSR count). The van der Waals surface area contributed by atoms with E-state index in [2.05, 4.69) is 0 Å². The van der Waals surface area contributed by atoms with Crippen molar-refractivity contribution in [2.75, 3.05) is 0 Å². The molecule has 0 bridgehead atoms. The Kier molecular flexibility index (Phi) is 4.17. The van der Waals surface area contributed by atoms with Crippen LogP contribution in [0.5, 0.6) is 0 Å². The highest BCUT2D eigenvalue weighted by Crippen LogP contribution is 2.29. The first-order valence-corrected chi connectivity index (χ1v) is 6.82. The lowest BCUT2D eigenvalue weighted by Crippen LogP contribution is -2.25. The topological polar surface area (TPSA) is 45.8 Å². The van der Waals surface area contributed by atoms with Crippen LogP contribution in [0.3, 0.4) is 0 Å². The molecule has 0 radical (unpaired) electrons. The molecule has 1 aromatic carbocycles. The van der Waals surface area contributed by atoms with Gasteiger partial charge in [0.25, 0.3) is 5.56 Å². The molecule has 0 unspecified atom stereocenters. The van der Waals surface area contributed by atoms with E-state index in [9.17, 15) is 4.79 Å². The van der Waals surface area contributed by atoms with Gasteiger partial charge in [0.15, 0.2) is 0 Å². The van der Waals surface area contributed by atoms with Crippen molar-refractivity contribution >= 4 is 23.2 Å². The van der Waals surface area contributed by atoms with Crippen molar-refractivity contribution in [2.24, 2.45) is 0 Å². The molecule has 5 heteroatoms. The fourth-order valence-electron chi connectivity index (χ4n) is 2.04. The van der Waals surface area contributed by atoms with Crippen molar-refractivity contribution in [3.05, 3.63) is 56.3 Å². The van der Waals surface area contributed by atoms with Crippen molar-refractivity contribution in [2.45, 2.75) is 19.9 Å². The van der Waals surface area contributed by atoms with Crippen molar-refractivity contribution in [3.63, 3.8) is 0 Å². The molecule has 0 amide bonds. The predicted molar refractivity (Wildman–Crippen MR) is 81.3 cm³/mol. The minimum Gasteiger partial charge on any atom is -0.305 e. The van der Waals surface area contributed by atoms with Gasteiger partial charge < -0.3 is 4.57 Å². The van der Waals surface area contributed by atoms with E-state index in [1.165, 1.54) is 6.07 Å². The van der Waals surface area contributed by atoms with E-state index in [4.69, 9.17) is 28.5 Å². The van der Waals surface area contributed by atoms with Crippen LogP contribution < -0.4 is 5.56 Å². The maximum absolute atomic E-state index is 12.3. The number of benzene rings is 1. The zero-order chi connectivity index (χ0) is 14.9. The second kappa shape index (κ2) is 5.70. The van der Waals surface area contributed by atoms with E-state index in [1.54, 1.807) is 28.8 Å². The maximum atomic E-state index is 12.3. The molecule has 102 valence electrons. The Bertz CT molecular complexity index is 757. The summed E-state index contributed by atoms with van der Waals surface area (Å²) < 4.78 is 1.58. The van der Waals surface area contributed by atoms with Gasteiger partial charge in [-0.3, -0.25) is 4.79 Å². The van der Waals surface area contributed by atoms with Gasteiger partial charge in [-0.05, 0) is 43.7 Å². The van der Waals surface area contributed by atoms with Crippen LogP contribution in [0.2, 0.25) is 10.0 Å². The number of nitriles is 1. The van der Waals surface area contributed by atoms with Gasteiger partial charge in [-0.1, -0.05) is 29.3 Å². The lowest BCUT2D eigenvalue weighted by molar-refractivity contribution is 0.584. The van der Waals surface area contributed by atoms with Gasteiger partial charge in [-0.2, -0.15) is 5.26 Å². The third-order valence-electron chi connectivity index (χ3n) is 2.97. The Balaban J connectivity index is 2.74. The van der Waals surface area contributed by atoms with Gasteiger partial charge in [0.1, 0.15) is 11.6 Å². The number of pyridine rings is 1. The van der Waals surface area contributed by atoms with Crippen LogP contribution in [0.4, 0.5) is 0 Å². The predicted octanol–water partition coefficient (Wildman–Crippen LogP) is 4.27. The third kappa shape index (κ3) is 2.58. The van der Waals surface area contributed by atoms with Gasteiger partial charge in [0.2, 0.25) is 0 Å². The number of hydrogen-bond donors (Lipinski definition) is 0. The highest BCUT2D eigenvalue weighted by Gasteiger charge is 2.13. The summed E-state index contributed by atoms with van der Waals surface area (Å²) in [5.74, 6) is 0. The van der Waals surface area contributed by atoms with Gasteiger partial charge in [0.05, 0.1) is 15.7 Å². The highest BCUT2D eigenvalue weighted by molar-refractivity contribution is 6.42. The van der Waals surface area contributed by atoms with Crippen molar-refractivity contribution < 1.29 is 0 Å². The minimum atomic E-state index is -0.300. The SMILES string of the molecule is CC(C)n1c(-c2ccc(Cl)c(Cl)c2)ccc(C#N)c1=O. The molecule has 20 heavy (non-hydrogen) atoms. The van der Waals surface area contributed by atoms with Crippen molar-refractivity contribution in [1.82, 2.24) is 4.57 Å². The fourth-order valence-corrected chi connectivity index (χ4v) is 2.34. The van der Waals surface area contributed by atoms with E-state index in [-0.39, 0.29) is 17.2 Å². The Hall–Kier alpha value is -1.76. The smallest absolute Gasteiger partial charge is 0.269 e. The average Bonchev–Trinajstić information content (AvgIpc) is 2.41. The van der Waals surface area contributed by atoms with Crippen LogP contribution in [-0.4, -0.2) is 4.57 Å². The summed E-state index contributed by atoms with van der Waals surface area (Å²) in [5, 5.41) is 9.85. The molecule has 0 aliphatic carbocycles. The largest absolute Gasteiger partial charge is 0.305 e. The van der Waals surface area contributed by atoms with Crippen LogP contribution in [0.25, 0.3) is 11.3 Å². The summed E-state index contributed by atoms with van der Waals surface area (Å²) >= 11 is 11.9. The zero-order valence-corrected chi connectivity index (χ0v) is 12.5. The molecule has 0 aliphatic rings. The molecule has 0 spiro atoms. The number of aromatic nitrogens is 1. The summed E-state index contributed by atoms with van der Waals surface area (Å²) in [6.07, 6.45) is 0. The number of nitrogens with zero attached hydrogens (tertiary/aromatic N) is 2. The lowest BCUT2D eigenvalue weighted by atomic mass is 10.1. The van der Waals surface area contributed by atoms with Gasteiger partial charge in [-0.15, -0.1) is 0 Å². The quantitative estimate of drug-likeness (QED) is 0.831. The summed E-state index contributed by atoms with van der Waals surface area (Å²) in [4.78, 5) is 12.3. The van der Waals surface area contributed by atoms with Crippen LogP contribution in [0.15, 0.2) is 35.1 Å². The number of hydrogen-bond acceptors (Lipinski definition) is 2. The zero-order valence-electron chi connectivity index (χ0n) is 11.0. The minimum absolute atomic E-state index is 0.0692. The molecule has 0 aliphatic heterocycles. The second-order valence-corrected chi connectivity index (χ2v) is 5.46. The fraction of sp³-hybridized carbons (Fsp3) is 0.200. The molecule has 2 aromatic rings. The molecular formula is C15H12Cl2N2O. The summed E-state index contributed by atoms with van der Waals surface area (Å²) in [6.45, 7) is 3.78. The van der Waals surface area contributed by atoms with E-state index in [0.29, 0.717) is 15.7 Å². The maximum Gasteiger partial charge on any atom is 0.269 e. The van der Waals surface area contributed by atoms with Gasteiger partial charge in [-0.25, -0.2) is 0 Å². The highest BCUT2D eigenvalue weighted by atomic mass is 35.5. The first-order valence-electron chi connectivity index (χ1n) is 6.06. The Labute approximate surface area is 127 Å². The molecule has 1 heterocycles. The summed E-state index contributed by atoms with van der Waals surface area (Å²) in [5.41, 5.74) is 1.32. The first-order chi connectivity index (χ1) is 9.45.